The Balaban J connectivity index is 1.58. The van der Waals surface area contributed by atoms with Crippen molar-refractivity contribution in [2.45, 2.75) is 58.3 Å². The van der Waals surface area contributed by atoms with Gasteiger partial charge in [-0.3, -0.25) is 4.90 Å². The number of hydrogen-bond acceptors (Lipinski definition) is 4. The van der Waals surface area contributed by atoms with E-state index in [0.29, 0.717) is 12.1 Å². The van der Waals surface area contributed by atoms with Crippen LogP contribution in [0.2, 0.25) is 0 Å². The average molecular weight is 371 g/mol. The molecule has 0 spiro atoms. The smallest absolute Gasteiger partial charge is 0.137 e. The fourth-order valence-corrected chi connectivity index (χ4v) is 5.01. The lowest BCUT2D eigenvalue weighted by atomic mass is 10.00. The van der Waals surface area contributed by atoms with Crippen molar-refractivity contribution in [3.63, 3.8) is 0 Å². The van der Waals surface area contributed by atoms with Gasteiger partial charge in [0.2, 0.25) is 0 Å². The number of likely N-dealkylation sites (tertiary alicyclic amines) is 1. The van der Waals surface area contributed by atoms with Crippen LogP contribution in [0.3, 0.4) is 0 Å². The van der Waals surface area contributed by atoms with Crippen LogP contribution in [0.15, 0.2) is 35.0 Å². The van der Waals surface area contributed by atoms with Crippen molar-refractivity contribution in [1.29, 1.82) is 0 Å². The number of benzene rings is 1. The molecule has 4 rings (SSSR count). The van der Waals surface area contributed by atoms with Gasteiger partial charge in [-0.25, -0.2) is 0 Å². The lowest BCUT2D eigenvalue weighted by Crippen LogP contribution is -2.47. The minimum Gasteiger partial charge on any atom is -0.484 e. The molecule has 2 aliphatic heterocycles. The van der Waals surface area contributed by atoms with E-state index in [1.807, 2.05) is 0 Å². The molecule has 140 valence electrons. The molecule has 1 atom stereocenters. The molecule has 26 heavy (non-hydrogen) atoms. The Morgan fingerprint density at radius 3 is 2.65 bits per heavy atom. The molecule has 0 amide bonds. The van der Waals surface area contributed by atoms with Crippen LogP contribution < -0.4 is 4.74 Å². The normalized spacial score (nSPS) is 22.8. The third-order valence-electron chi connectivity index (χ3n) is 5.92. The highest BCUT2D eigenvalue weighted by atomic mass is 32.1. The first kappa shape index (κ1) is 18.0. The minimum atomic E-state index is 0.133. The summed E-state index contributed by atoms with van der Waals surface area (Å²) in [6, 6.07) is 10.2. The van der Waals surface area contributed by atoms with E-state index in [9.17, 15) is 0 Å². The van der Waals surface area contributed by atoms with Crippen LogP contribution in [0.1, 0.15) is 49.5 Å². The van der Waals surface area contributed by atoms with Gasteiger partial charge >= 0.3 is 0 Å². The second-order valence-electron chi connectivity index (χ2n) is 8.06. The highest BCUT2D eigenvalue weighted by Crippen LogP contribution is 2.34. The Labute approximate surface area is 161 Å². The number of aryl methyl sites for hydroxylation is 1. The maximum atomic E-state index is 6.49. The van der Waals surface area contributed by atoms with Crippen LogP contribution in [0.25, 0.3) is 0 Å². The van der Waals surface area contributed by atoms with Gasteiger partial charge in [-0.05, 0) is 69.6 Å². The van der Waals surface area contributed by atoms with Crippen LogP contribution in [-0.4, -0.2) is 41.5 Å². The fourth-order valence-electron chi connectivity index (χ4n) is 4.31. The van der Waals surface area contributed by atoms with Crippen molar-refractivity contribution in [2.75, 3.05) is 19.6 Å². The Bertz CT molecular complexity index is 720. The van der Waals surface area contributed by atoms with Crippen LogP contribution in [0.5, 0.6) is 5.75 Å². The second-order valence-corrected chi connectivity index (χ2v) is 8.84. The van der Waals surface area contributed by atoms with Crippen molar-refractivity contribution in [1.82, 2.24) is 9.80 Å². The van der Waals surface area contributed by atoms with Crippen LogP contribution >= 0.6 is 11.3 Å². The molecule has 0 N–H and O–H groups in total. The largest absolute Gasteiger partial charge is 0.484 e. The van der Waals surface area contributed by atoms with Gasteiger partial charge < -0.3 is 9.64 Å². The van der Waals surface area contributed by atoms with Crippen LogP contribution in [0, 0.1) is 6.92 Å². The number of hydrogen-bond donors (Lipinski definition) is 0. The van der Waals surface area contributed by atoms with Gasteiger partial charge in [-0.15, -0.1) is 0 Å². The summed E-state index contributed by atoms with van der Waals surface area (Å²) < 4.78 is 6.49. The molecule has 0 saturated carbocycles. The van der Waals surface area contributed by atoms with E-state index < -0.39 is 0 Å². The Kier molecular flexibility index (Phi) is 5.35. The van der Waals surface area contributed by atoms with E-state index in [1.165, 1.54) is 42.6 Å². The zero-order valence-electron chi connectivity index (χ0n) is 16.1. The third kappa shape index (κ3) is 3.83. The van der Waals surface area contributed by atoms with E-state index in [2.05, 4.69) is 65.6 Å². The van der Waals surface area contributed by atoms with Crippen molar-refractivity contribution < 1.29 is 4.74 Å². The summed E-state index contributed by atoms with van der Waals surface area (Å²) in [7, 11) is 0. The molecular formula is C22H30N2OS. The summed E-state index contributed by atoms with van der Waals surface area (Å²) >= 11 is 1.76. The Hall–Kier alpha value is -1.36. The summed E-state index contributed by atoms with van der Waals surface area (Å²) in [4.78, 5) is 5.30. The van der Waals surface area contributed by atoms with E-state index in [-0.39, 0.29) is 6.10 Å². The van der Waals surface area contributed by atoms with Gasteiger partial charge in [-0.2, -0.15) is 11.3 Å². The number of thiophene rings is 1. The summed E-state index contributed by atoms with van der Waals surface area (Å²) in [5, 5.41) is 4.40. The monoisotopic (exact) mass is 370 g/mol. The molecule has 1 aromatic carbocycles. The molecule has 0 radical (unpaired) electrons. The lowest BCUT2D eigenvalue weighted by Gasteiger charge is -2.40. The quantitative estimate of drug-likeness (QED) is 0.767. The van der Waals surface area contributed by atoms with E-state index >= 15 is 0 Å². The molecule has 0 bridgehead atoms. The second kappa shape index (κ2) is 7.71. The average Bonchev–Trinajstić information content (AvgIpc) is 3.10. The number of fused-ring (bicyclic) bond motifs is 1. The Morgan fingerprint density at radius 2 is 1.96 bits per heavy atom. The molecule has 1 unspecified atom stereocenters. The summed E-state index contributed by atoms with van der Waals surface area (Å²) in [5.74, 6) is 1.06. The lowest BCUT2D eigenvalue weighted by molar-refractivity contribution is 0.0640. The maximum absolute atomic E-state index is 6.49. The summed E-state index contributed by atoms with van der Waals surface area (Å²) in [5.41, 5.74) is 3.97. The Morgan fingerprint density at radius 1 is 1.15 bits per heavy atom. The molecule has 0 aliphatic carbocycles. The molecule has 1 aromatic heterocycles. The van der Waals surface area contributed by atoms with Crippen molar-refractivity contribution in [3.8, 4) is 5.75 Å². The molecule has 3 heterocycles. The van der Waals surface area contributed by atoms with Gasteiger partial charge in [0.05, 0.1) is 0 Å². The SMILES string of the molecule is Cc1ccc2c(c1)CN(C1CCN(C(C)C)CC1)CC(c1ccsc1)O2. The van der Waals surface area contributed by atoms with E-state index in [0.717, 1.165) is 18.8 Å². The maximum Gasteiger partial charge on any atom is 0.137 e. The molecule has 1 fully saturated rings. The van der Waals surface area contributed by atoms with Gasteiger partial charge in [0.1, 0.15) is 11.9 Å². The number of nitrogens with zero attached hydrogens (tertiary/aromatic N) is 2. The predicted octanol–water partition coefficient (Wildman–Crippen LogP) is 4.87. The third-order valence-corrected chi connectivity index (χ3v) is 6.62. The first-order chi connectivity index (χ1) is 12.6. The van der Waals surface area contributed by atoms with Gasteiger partial charge in [0.15, 0.2) is 0 Å². The van der Waals surface area contributed by atoms with Crippen molar-refractivity contribution in [2.24, 2.45) is 0 Å². The van der Waals surface area contributed by atoms with Crippen LogP contribution in [0.4, 0.5) is 0 Å². The molecule has 4 heteroatoms. The predicted molar refractivity (Wildman–Crippen MR) is 109 cm³/mol. The van der Waals surface area contributed by atoms with E-state index in [4.69, 9.17) is 4.74 Å². The van der Waals surface area contributed by atoms with Crippen LogP contribution in [-0.2, 0) is 6.54 Å². The summed E-state index contributed by atoms with van der Waals surface area (Å²) in [6.07, 6.45) is 2.65. The first-order valence-electron chi connectivity index (χ1n) is 9.86. The highest BCUT2D eigenvalue weighted by Gasteiger charge is 2.31. The van der Waals surface area contributed by atoms with E-state index in [1.54, 1.807) is 11.3 Å². The van der Waals surface area contributed by atoms with Gasteiger partial charge in [0.25, 0.3) is 0 Å². The van der Waals surface area contributed by atoms with Gasteiger partial charge in [-0.1, -0.05) is 17.7 Å². The number of piperidine rings is 1. The molecule has 2 aromatic rings. The number of ether oxygens (including phenoxy) is 1. The first-order valence-corrected chi connectivity index (χ1v) is 10.8. The molecular weight excluding hydrogens is 340 g/mol. The topological polar surface area (TPSA) is 15.7 Å². The molecule has 3 nitrogen and oxygen atoms in total. The van der Waals surface area contributed by atoms with Crippen molar-refractivity contribution in [3.05, 3.63) is 51.7 Å². The number of rotatable bonds is 3. The fraction of sp³-hybridized carbons (Fsp3) is 0.545. The zero-order valence-corrected chi connectivity index (χ0v) is 17.0. The standard InChI is InChI=1S/C22H30N2OS/c1-16(2)23-9-6-20(7-10-23)24-13-19-12-17(3)4-5-21(19)25-22(14-24)18-8-11-26-15-18/h4-5,8,11-12,15-16,20,22H,6-7,9-10,13-14H2,1-3H3. The van der Waals surface area contributed by atoms with Crippen molar-refractivity contribution >= 4 is 11.3 Å². The molecule has 1 saturated heterocycles. The van der Waals surface area contributed by atoms with Gasteiger partial charge in [0, 0.05) is 36.3 Å². The molecule has 2 aliphatic rings. The highest BCUT2D eigenvalue weighted by molar-refractivity contribution is 7.07. The summed E-state index contributed by atoms with van der Waals surface area (Å²) in [6.45, 7) is 11.2. The zero-order chi connectivity index (χ0) is 18.1. The minimum absolute atomic E-state index is 0.133.